The molecule has 1 N–H and O–H groups in total. The molecule has 1 aliphatic heterocycles. The lowest BCUT2D eigenvalue weighted by Gasteiger charge is -2.25. The van der Waals surface area contributed by atoms with Gasteiger partial charge in [0.1, 0.15) is 0 Å². The van der Waals surface area contributed by atoms with Crippen LogP contribution >= 0.6 is 31.9 Å². The Morgan fingerprint density at radius 1 is 1.35 bits per heavy atom. The van der Waals surface area contributed by atoms with Gasteiger partial charge in [0.05, 0.1) is 0 Å². The van der Waals surface area contributed by atoms with Crippen molar-refractivity contribution in [2.45, 2.75) is 12.5 Å². The van der Waals surface area contributed by atoms with Crippen molar-refractivity contribution in [1.29, 1.82) is 0 Å². The van der Waals surface area contributed by atoms with Gasteiger partial charge in [-0.3, -0.25) is 4.90 Å². The van der Waals surface area contributed by atoms with Gasteiger partial charge in [-0.1, -0.05) is 6.07 Å². The van der Waals surface area contributed by atoms with Crippen LogP contribution in [0.15, 0.2) is 27.1 Å². The molecule has 0 radical (unpaired) electrons. The molecule has 1 saturated heterocycles. The van der Waals surface area contributed by atoms with Crippen LogP contribution in [0.5, 0.6) is 0 Å². The largest absolute Gasteiger partial charge is 0.319 e. The van der Waals surface area contributed by atoms with Crippen molar-refractivity contribution in [2.75, 3.05) is 27.2 Å². The fourth-order valence-electron chi connectivity index (χ4n) is 2.73. The highest BCUT2D eigenvalue weighted by Crippen LogP contribution is 2.37. The van der Waals surface area contributed by atoms with E-state index in [0.717, 1.165) is 15.5 Å². The smallest absolute Gasteiger partial charge is 0.0386 e. The first-order valence-corrected chi connectivity index (χ1v) is 7.52. The van der Waals surface area contributed by atoms with Crippen molar-refractivity contribution in [3.05, 3.63) is 32.7 Å². The van der Waals surface area contributed by atoms with E-state index >= 15 is 0 Å². The summed E-state index contributed by atoms with van der Waals surface area (Å²) in [5, 5.41) is 3.31. The fourth-order valence-corrected chi connectivity index (χ4v) is 3.37. The first kappa shape index (κ1) is 13.5. The lowest BCUT2D eigenvalue weighted by Crippen LogP contribution is -2.26. The van der Waals surface area contributed by atoms with Gasteiger partial charge in [0, 0.05) is 15.0 Å². The summed E-state index contributed by atoms with van der Waals surface area (Å²) in [6.07, 6.45) is 1.27. The number of nitrogens with zero attached hydrogens (tertiary/aromatic N) is 1. The Bertz CT molecular complexity index is 393. The van der Waals surface area contributed by atoms with Crippen LogP contribution in [0.2, 0.25) is 0 Å². The molecule has 0 bridgehead atoms. The summed E-state index contributed by atoms with van der Waals surface area (Å²) in [5.41, 5.74) is 1.40. The van der Waals surface area contributed by atoms with Gasteiger partial charge in [0.25, 0.3) is 0 Å². The summed E-state index contributed by atoms with van der Waals surface area (Å²) in [6, 6.07) is 7.12. The molecule has 1 fully saturated rings. The first-order valence-electron chi connectivity index (χ1n) is 5.93. The zero-order chi connectivity index (χ0) is 12.4. The molecule has 1 heterocycles. The van der Waals surface area contributed by atoms with Gasteiger partial charge in [-0.25, -0.2) is 0 Å². The average molecular weight is 362 g/mol. The molecule has 0 spiro atoms. The molecule has 0 saturated carbocycles. The summed E-state index contributed by atoms with van der Waals surface area (Å²) < 4.78 is 2.26. The SMILES string of the molecule is CNCC1CCN(C)C1c1ccc(Br)c(Br)c1. The standard InChI is InChI=1S/C13H18Br2N2/c1-16-8-10-5-6-17(2)13(10)9-3-4-11(14)12(15)7-9/h3-4,7,10,13,16H,5-6,8H2,1-2H3. The number of halogens is 2. The molecular formula is C13H18Br2N2. The van der Waals surface area contributed by atoms with Crippen LogP contribution in [0.4, 0.5) is 0 Å². The Balaban J connectivity index is 2.26. The Morgan fingerprint density at radius 3 is 2.76 bits per heavy atom. The number of hydrogen-bond acceptors (Lipinski definition) is 2. The van der Waals surface area contributed by atoms with E-state index in [1.54, 1.807) is 0 Å². The van der Waals surface area contributed by atoms with Gasteiger partial charge >= 0.3 is 0 Å². The van der Waals surface area contributed by atoms with E-state index in [-0.39, 0.29) is 0 Å². The molecule has 0 aliphatic carbocycles. The summed E-state index contributed by atoms with van der Waals surface area (Å²) >= 11 is 7.12. The molecule has 2 unspecified atom stereocenters. The van der Waals surface area contributed by atoms with Crippen molar-refractivity contribution < 1.29 is 0 Å². The van der Waals surface area contributed by atoms with Crippen molar-refractivity contribution in [1.82, 2.24) is 10.2 Å². The van der Waals surface area contributed by atoms with Crippen LogP contribution in [0.3, 0.4) is 0 Å². The predicted molar refractivity (Wildman–Crippen MR) is 79.2 cm³/mol. The lowest BCUT2D eigenvalue weighted by molar-refractivity contribution is 0.274. The monoisotopic (exact) mass is 360 g/mol. The third-order valence-electron chi connectivity index (χ3n) is 3.53. The normalized spacial score (nSPS) is 25.4. The van der Waals surface area contributed by atoms with E-state index in [4.69, 9.17) is 0 Å². The minimum Gasteiger partial charge on any atom is -0.319 e. The highest BCUT2D eigenvalue weighted by atomic mass is 79.9. The van der Waals surface area contributed by atoms with Gasteiger partial charge < -0.3 is 5.32 Å². The number of benzene rings is 1. The highest BCUT2D eigenvalue weighted by Gasteiger charge is 2.32. The third kappa shape index (κ3) is 2.92. The topological polar surface area (TPSA) is 15.3 Å². The summed E-state index contributed by atoms with van der Waals surface area (Å²) in [4.78, 5) is 2.46. The number of rotatable bonds is 3. The molecule has 1 aromatic rings. The summed E-state index contributed by atoms with van der Waals surface area (Å²) in [5.74, 6) is 0.707. The second-order valence-electron chi connectivity index (χ2n) is 4.71. The minimum absolute atomic E-state index is 0.534. The summed E-state index contributed by atoms with van der Waals surface area (Å²) in [6.45, 7) is 2.27. The number of nitrogens with one attached hydrogen (secondary N) is 1. The molecule has 1 aliphatic rings. The summed E-state index contributed by atoms with van der Waals surface area (Å²) in [7, 11) is 4.25. The van der Waals surface area contributed by atoms with E-state index in [2.05, 4.69) is 67.3 Å². The number of hydrogen-bond donors (Lipinski definition) is 1. The van der Waals surface area contributed by atoms with Crippen molar-refractivity contribution >= 4 is 31.9 Å². The zero-order valence-electron chi connectivity index (χ0n) is 10.2. The first-order chi connectivity index (χ1) is 8.13. The Labute approximate surface area is 120 Å². The van der Waals surface area contributed by atoms with Crippen molar-refractivity contribution in [3.8, 4) is 0 Å². The number of likely N-dealkylation sites (tertiary alicyclic amines) is 1. The van der Waals surface area contributed by atoms with Gasteiger partial charge in [-0.05, 0) is 89.1 Å². The predicted octanol–water partition coefficient (Wildman–Crippen LogP) is 3.42. The Morgan fingerprint density at radius 2 is 2.12 bits per heavy atom. The molecule has 2 nitrogen and oxygen atoms in total. The van der Waals surface area contributed by atoms with Gasteiger partial charge in [0.15, 0.2) is 0 Å². The molecular weight excluding hydrogens is 344 g/mol. The van der Waals surface area contributed by atoms with E-state index < -0.39 is 0 Å². The van der Waals surface area contributed by atoms with Gasteiger partial charge in [-0.15, -0.1) is 0 Å². The maximum atomic E-state index is 3.59. The minimum atomic E-state index is 0.534. The third-order valence-corrected chi connectivity index (χ3v) is 5.41. The van der Waals surface area contributed by atoms with E-state index in [9.17, 15) is 0 Å². The maximum absolute atomic E-state index is 3.59. The maximum Gasteiger partial charge on any atom is 0.0386 e. The van der Waals surface area contributed by atoms with Crippen molar-refractivity contribution in [3.63, 3.8) is 0 Å². The quantitative estimate of drug-likeness (QED) is 0.887. The molecule has 0 amide bonds. The molecule has 1 aromatic carbocycles. The fraction of sp³-hybridized carbons (Fsp3) is 0.538. The van der Waals surface area contributed by atoms with Crippen LogP contribution < -0.4 is 5.32 Å². The van der Waals surface area contributed by atoms with E-state index in [1.165, 1.54) is 18.5 Å². The highest BCUT2D eigenvalue weighted by molar-refractivity contribution is 9.13. The molecule has 4 heteroatoms. The molecule has 17 heavy (non-hydrogen) atoms. The molecule has 2 rings (SSSR count). The van der Waals surface area contributed by atoms with Crippen molar-refractivity contribution in [2.24, 2.45) is 5.92 Å². The molecule has 0 aromatic heterocycles. The average Bonchev–Trinajstić information content (AvgIpc) is 2.65. The van der Waals surface area contributed by atoms with Crippen LogP contribution in [0.1, 0.15) is 18.0 Å². The molecule has 94 valence electrons. The lowest BCUT2D eigenvalue weighted by atomic mass is 9.94. The van der Waals surface area contributed by atoms with Crippen LogP contribution in [0, 0.1) is 5.92 Å². The van der Waals surface area contributed by atoms with E-state index in [0.29, 0.717) is 12.0 Å². The van der Waals surface area contributed by atoms with Crippen LogP contribution in [-0.4, -0.2) is 32.1 Å². The van der Waals surface area contributed by atoms with Gasteiger partial charge in [0.2, 0.25) is 0 Å². The van der Waals surface area contributed by atoms with Crippen LogP contribution in [0.25, 0.3) is 0 Å². The second kappa shape index (κ2) is 5.83. The molecule has 2 atom stereocenters. The Hall–Kier alpha value is 0.1000. The Kier molecular flexibility index (Phi) is 4.64. The van der Waals surface area contributed by atoms with Gasteiger partial charge in [-0.2, -0.15) is 0 Å². The van der Waals surface area contributed by atoms with Crippen LogP contribution in [-0.2, 0) is 0 Å². The second-order valence-corrected chi connectivity index (χ2v) is 6.41. The zero-order valence-corrected chi connectivity index (χ0v) is 13.4. The van der Waals surface area contributed by atoms with E-state index in [1.807, 2.05) is 7.05 Å².